The first-order valence-corrected chi connectivity index (χ1v) is 9.55. The molecule has 3 aromatic rings. The lowest BCUT2D eigenvalue weighted by molar-refractivity contribution is -0.114. The minimum absolute atomic E-state index is 0.160. The van der Waals surface area contributed by atoms with Crippen LogP contribution < -0.4 is 9.64 Å². The molecule has 4 rings (SSSR count). The van der Waals surface area contributed by atoms with Crippen LogP contribution in [0.15, 0.2) is 84.8 Å². The third-order valence-electron chi connectivity index (χ3n) is 4.61. The van der Waals surface area contributed by atoms with Crippen molar-refractivity contribution in [1.29, 1.82) is 0 Å². The molecule has 2 aromatic carbocycles. The molecule has 0 radical (unpaired) electrons. The predicted octanol–water partition coefficient (Wildman–Crippen LogP) is 4.27. The number of pyridine rings is 1. The first-order chi connectivity index (χ1) is 14.1. The first-order valence-electron chi connectivity index (χ1n) is 9.14. The van der Waals surface area contributed by atoms with E-state index in [1.165, 1.54) is 4.90 Å². The Balaban J connectivity index is 1.51. The van der Waals surface area contributed by atoms with Crippen LogP contribution in [0, 0.1) is 0 Å². The maximum absolute atomic E-state index is 13.0. The second-order valence-corrected chi connectivity index (χ2v) is 6.93. The number of hydrogen-bond donors (Lipinski definition) is 0. The number of ether oxygens (including phenoxy) is 1. The Hall–Kier alpha value is -3.51. The standard InChI is InChI=1S/C23H19N3O2S/c1-25-21(15-17-11-13-24-14-12-17)22(27)26(23(25)29)19-7-9-20(10-8-19)28-16-18-5-3-2-4-6-18/h2-15H,16H2,1H3. The molecule has 1 aliphatic heterocycles. The van der Waals surface area contributed by atoms with Crippen molar-refractivity contribution in [2.45, 2.75) is 6.61 Å². The Morgan fingerprint density at radius 2 is 1.69 bits per heavy atom. The summed E-state index contributed by atoms with van der Waals surface area (Å²) in [6.07, 6.45) is 5.19. The van der Waals surface area contributed by atoms with Crippen LogP contribution in [-0.4, -0.2) is 28.0 Å². The van der Waals surface area contributed by atoms with Gasteiger partial charge < -0.3 is 9.64 Å². The summed E-state index contributed by atoms with van der Waals surface area (Å²) >= 11 is 5.51. The molecule has 0 unspecified atom stereocenters. The van der Waals surface area contributed by atoms with Gasteiger partial charge in [0, 0.05) is 19.4 Å². The van der Waals surface area contributed by atoms with Gasteiger partial charge in [0.05, 0.1) is 5.69 Å². The highest BCUT2D eigenvalue weighted by molar-refractivity contribution is 7.80. The topological polar surface area (TPSA) is 45.7 Å². The average Bonchev–Trinajstić information content (AvgIpc) is 2.97. The minimum atomic E-state index is -0.160. The highest BCUT2D eigenvalue weighted by Gasteiger charge is 2.36. The SMILES string of the molecule is CN1C(=S)N(c2ccc(OCc3ccccc3)cc2)C(=O)C1=Cc1ccncc1. The first kappa shape index (κ1) is 18.8. The molecule has 1 aromatic heterocycles. The molecule has 6 heteroatoms. The molecule has 1 saturated heterocycles. The van der Waals surface area contributed by atoms with Crippen molar-refractivity contribution < 1.29 is 9.53 Å². The third-order valence-corrected chi connectivity index (χ3v) is 5.07. The fraction of sp³-hybridized carbons (Fsp3) is 0.0870. The monoisotopic (exact) mass is 401 g/mol. The minimum Gasteiger partial charge on any atom is -0.489 e. The van der Waals surface area contributed by atoms with Gasteiger partial charge in [0.15, 0.2) is 5.11 Å². The van der Waals surface area contributed by atoms with Crippen LogP contribution in [0.4, 0.5) is 5.69 Å². The van der Waals surface area contributed by atoms with Crippen molar-refractivity contribution in [3.63, 3.8) is 0 Å². The molecule has 5 nitrogen and oxygen atoms in total. The lowest BCUT2D eigenvalue weighted by Gasteiger charge is -2.17. The fourth-order valence-corrected chi connectivity index (χ4v) is 3.32. The molecule has 0 N–H and O–H groups in total. The quantitative estimate of drug-likeness (QED) is 0.472. The Kier molecular flexibility index (Phi) is 5.35. The molecule has 1 aliphatic rings. The third kappa shape index (κ3) is 4.02. The summed E-state index contributed by atoms with van der Waals surface area (Å²) in [6.45, 7) is 0.489. The molecule has 0 spiro atoms. The molecule has 29 heavy (non-hydrogen) atoms. The average molecular weight is 401 g/mol. The van der Waals surface area contributed by atoms with Gasteiger partial charge in [-0.2, -0.15) is 0 Å². The second-order valence-electron chi connectivity index (χ2n) is 6.56. The van der Waals surface area contributed by atoms with Crippen molar-refractivity contribution in [2.75, 3.05) is 11.9 Å². The Morgan fingerprint density at radius 3 is 2.38 bits per heavy atom. The number of carbonyl (C=O) groups is 1. The van der Waals surface area contributed by atoms with Crippen LogP contribution in [0.25, 0.3) is 6.08 Å². The van der Waals surface area contributed by atoms with Gasteiger partial charge >= 0.3 is 0 Å². The summed E-state index contributed by atoms with van der Waals surface area (Å²) in [7, 11) is 1.80. The highest BCUT2D eigenvalue weighted by Crippen LogP contribution is 2.29. The Bertz CT molecular complexity index is 1050. The van der Waals surface area contributed by atoms with Crippen LogP contribution in [0.2, 0.25) is 0 Å². The van der Waals surface area contributed by atoms with Gasteiger partial charge in [-0.05, 0) is 65.8 Å². The van der Waals surface area contributed by atoms with Gasteiger partial charge in [-0.3, -0.25) is 14.7 Å². The summed E-state index contributed by atoms with van der Waals surface area (Å²) in [5.74, 6) is 0.573. The van der Waals surface area contributed by atoms with E-state index in [4.69, 9.17) is 17.0 Å². The zero-order valence-electron chi connectivity index (χ0n) is 15.9. The van der Waals surface area contributed by atoms with E-state index in [0.29, 0.717) is 23.1 Å². The smallest absolute Gasteiger partial charge is 0.281 e. The zero-order valence-corrected chi connectivity index (χ0v) is 16.7. The summed E-state index contributed by atoms with van der Waals surface area (Å²) in [6, 6.07) is 21.0. The van der Waals surface area contributed by atoms with Gasteiger partial charge in [0.25, 0.3) is 5.91 Å². The molecule has 1 fully saturated rings. The number of hydrogen-bond acceptors (Lipinski definition) is 4. The largest absolute Gasteiger partial charge is 0.489 e. The number of benzene rings is 2. The van der Waals surface area contributed by atoms with Gasteiger partial charge in [-0.1, -0.05) is 30.3 Å². The number of nitrogens with zero attached hydrogens (tertiary/aromatic N) is 3. The Morgan fingerprint density at radius 1 is 1.00 bits per heavy atom. The van der Waals surface area contributed by atoms with Crippen LogP contribution in [0.1, 0.15) is 11.1 Å². The normalized spacial score (nSPS) is 15.3. The van der Waals surface area contributed by atoms with Crippen LogP contribution >= 0.6 is 12.2 Å². The summed E-state index contributed by atoms with van der Waals surface area (Å²) < 4.78 is 5.82. The molecule has 2 heterocycles. The van der Waals surface area contributed by atoms with Crippen LogP contribution in [0.5, 0.6) is 5.75 Å². The zero-order chi connectivity index (χ0) is 20.2. The van der Waals surface area contributed by atoms with E-state index in [2.05, 4.69) is 4.98 Å². The van der Waals surface area contributed by atoms with E-state index < -0.39 is 0 Å². The van der Waals surface area contributed by atoms with E-state index in [-0.39, 0.29) is 5.91 Å². The van der Waals surface area contributed by atoms with Crippen molar-refractivity contribution >= 4 is 35.0 Å². The Labute approximate surface area is 174 Å². The van der Waals surface area contributed by atoms with Gasteiger partial charge in [-0.25, -0.2) is 0 Å². The number of likely N-dealkylation sites (N-methyl/N-ethyl adjacent to an activating group) is 1. The van der Waals surface area contributed by atoms with E-state index in [0.717, 1.165) is 16.9 Å². The molecule has 0 saturated carbocycles. The predicted molar refractivity (Wildman–Crippen MR) is 117 cm³/mol. The lowest BCUT2D eigenvalue weighted by Crippen LogP contribution is -2.31. The van der Waals surface area contributed by atoms with Gasteiger partial charge in [0.2, 0.25) is 0 Å². The molecule has 0 bridgehead atoms. The highest BCUT2D eigenvalue weighted by atomic mass is 32.1. The van der Waals surface area contributed by atoms with Crippen molar-refractivity contribution in [1.82, 2.24) is 9.88 Å². The molecule has 144 valence electrons. The summed E-state index contributed by atoms with van der Waals surface area (Å²) in [5.41, 5.74) is 3.21. The number of aromatic nitrogens is 1. The second kappa shape index (κ2) is 8.24. The molecular weight excluding hydrogens is 382 g/mol. The van der Waals surface area contributed by atoms with E-state index >= 15 is 0 Å². The van der Waals surface area contributed by atoms with Crippen molar-refractivity contribution in [2.24, 2.45) is 0 Å². The van der Waals surface area contributed by atoms with E-state index in [1.807, 2.05) is 72.8 Å². The van der Waals surface area contributed by atoms with E-state index in [9.17, 15) is 4.79 Å². The number of anilines is 1. The van der Waals surface area contributed by atoms with E-state index in [1.54, 1.807) is 24.3 Å². The number of carbonyl (C=O) groups excluding carboxylic acids is 1. The summed E-state index contributed by atoms with van der Waals surface area (Å²) in [5, 5.41) is 0.438. The molecule has 0 aliphatic carbocycles. The van der Waals surface area contributed by atoms with Gasteiger partial charge in [0.1, 0.15) is 18.1 Å². The van der Waals surface area contributed by atoms with Crippen molar-refractivity contribution in [3.8, 4) is 5.75 Å². The number of thiocarbonyl (C=S) groups is 1. The van der Waals surface area contributed by atoms with Gasteiger partial charge in [-0.15, -0.1) is 0 Å². The summed E-state index contributed by atoms with van der Waals surface area (Å²) in [4.78, 5) is 20.3. The number of amides is 1. The molecule has 1 amide bonds. The lowest BCUT2D eigenvalue weighted by atomic mass is 10.2. The molecule has 0 atom stereocenters. The van der Waals surface area contributed by atoms with Crippen LogP contribution in [0.3, 0.4) is 0 Å². The fourth-order valence-electron chi connectivity index (χ4n) is 3.03. The molecular formula is C23H19N3O2S. The van der Waals surface area contributed by atoms with Crippen molar-refractivity contribution in [3.05, 3.63) is 95.9 Å². The maximum Gasteiger partial charge on any atom is 0.281 e. The maximum atomic E-state index is 13.0. The number of rotatable bonds is 5. The van der Waals surface area contributed by atoms with Crippen LogP contribution in [-0.2, 0) is 11.4 Å².